The zero-order valence-corrected chi connectivity index (χ0v) is 11.8. The molecule has 0 fully saturated rings. The number of rotatable bonds is 5. The molecule has 2 rings (SSSR count). The van der Waals surface area contributed by atoms with Crippen LogP contribution in [0.25, 0.3) is 0 Å². The summed E-state index contributed by atoms with van der Waals surface area (Å²) in [6.45, 7) is 0. The summed E-state index contributed by atoms with van der Waals surface area (Å²) < 4.78 is 15.3. The molecule has 0 aliphatic heterocycles. The lowest BCUT2D eigenvalue weighted by Crippen LogP contribution is -2.18. The van der Waals surface area contributed by atoms with E-state index in [1.807, 2.05) is 30.9 Å². The highest BCUT2D eigenvalue weighted by Gasteiger charge is 2.15. The maximum atomic E-state index is 13.5. The van der Waals surface area contributed by atoms with Gasteiger partial charge in [0.1, 0.15) is 5.82 Å². The van der Waals surface area contributed by atoms with Crippen molar-refractivity contribution in [2.24, 2.45) is 7.05 Å². The number of hydrogen-bond acceptors (Lipinski definition) is 2. The maximum absolute atomic E-state index is 13.5. The van der Waals surface area contributed by atoms with Gasteiger partial charge in [0.05, 0.1) is 5.02 Å². The first-order chi connectivity index (χ1) is 9.13. The van der Waals surface area contributed by atoms with Crippen LogP contribution < -0.4 is 5.32 Å². The lowest BCUT2D eigenvalue weighted by molar-refractivity contribution is 0.530. The summed E-state index contributed by atoms with van der Waals surface area (Å²) in [5.74, 6) is -0.375. The molecule has 1 aromatic heterocycles. The Morgan fingerprint density at radius 3 is 2.84 bits per heavy atom. The van der Waals surface area contributed by atoms with Crippen LogP contribution in [0.4, 0.5) is 4.39 Å². The largest absolute Gasteiger partial charge is 0.313 e. The summed E-state index contributed by atoms with van der Waals surface area (Å²) in [5, 5.41) is 7.52. The Kier molecular flexibility index (Phi) is 4.56. The lowest BCUT2D eigenvalue weighted by Gasteiger charge is -2.18. The summed E-state index contributed by atoms with van der Waals surface area (Å²) in [7, 11) is 3.77. The van der Waals surface area contributed by atoms with Gasteiger partial charge >= 0.3 is 0 Å². The van der Waals surface area contributed by atoms with Gasteiger partial charge in [-0.25, -0.2) is 4.39 Å². The van der Waals surface area contributed by atoms with Gasteiger partial charge in [0.2, 0.25) is 0 Å². The van der Waals surface area contributed by atoms with Gasteiger partial charge in [-0.2, -0.15) is 5.10 Å². The second kappa shape index (κ2) is 6.17. The van der Waals surface area contributed by atoms with Gasteiger partial charge in [-0.3, -0.25) is 4.68 Å². The highest BCUT2D eigenvalue weighted by atomic mass is 35.5. The summed E-state index contributed by atoms with van der Waals surface area (Å²) in [5.41, 5.74) is 1.94. The molecule has 0 bridgehead atoms. The van der Waals surface area contributed by atoms with Crippen molar-refractivity contribution >= 4 is 11.6 Å². The topological polar surface area (TPSA) is 29.9 Å². The summed E-state index contributed by atoms with van der Waals surface area (Å²) in [6.07, 6.45) is 3.47. The van der Waals surface area contributed by atoms with Crippen LogP contribution in [-0.4, -0.2) is 16.8 Å². The number of benzene rings is 1. The summed E-state index contributed by atoms with van der Waals surface area (Å²) in [4.78, 5) is 0. The molecule has 2 aromatic rings. The third-order valence-corrected chi connectivity index (χ3v) is 3.72. The van der Waals surface area contributed by atoms with E-state index in [2.05, 4.69) is 10.4 Å². The number of halogens is 2. The minimum Gasteiger partial charge on any atom is -0.313 e. The van der Waals surface area contributed by atoms with Crippen molar-refractivity contribution in [3.05, 3.63) is 52.6 Å². The molecule has 1 heterocycles. The SMILES string of the molecule is CNC(CCc1ccnn1C)c1cccc(F)c1Cl. The van der Waals surface area contributed by atoms with Crippen LogP contribution in [0.15, 0.2) is 30.5 Å². The molecule has 19 heavy (non-hydrogen) atoms. The van der Waals surface area contributed by atoms with Crippen molar-refractivity contribution < 1.29 is 4.39 Å². The fourth-order valence-corrected chi connectivity index (χ4v) is 2.44. The van der Waals surface area contributed by atoms with Gasteiger partial charge in [0.15, 0.2) is 0 Å². The van der Waals surface area contributed by atoms with E-state index in [1.54, 1.807) is 12.3 Å². The van der Waals surface area contributed by atoms with Crippen molar-refractivity contribution in [2.45, 2.75) is 18.9 Å². The monoisotopic (exact) mass is 281 g/mol. The average molecular weight is 282 g/mol. The van der Waals surface area contributed by atoms with Gasteiger partial charge in [-0.05, 0) is 37.6 Å². The number of nitrogens with one attached hydrogen (secondary N) is 1. The molecule has 0 amide bonds. The first-order valence-electron chi connectivity index (χ1n) is 6.21. The van der Waals surface area contributed by atoms with Crippen LogP contribution in [0.3, 0.4) is 0 Å². The molecule has 0 aliphatic carbocycles. The minimum absolute atomic E-state index is 0.0260. The minimum atomic E-state index is -0.375. The number of aromatic nitrogens is 2. The molecular formula is C14H17ClFN3. The van der Waals surface area contributed by atoms with E-state index >= 15 is 0 Å². The van der Waals surface area contributed by atoms with Crippen LogP contribution in [-0.2, 0) is 13.5 Å². The van der Waals surface area contributed by atoms with E-state index < -0.39 is 0 Å². The van der Waals surface area contributed by atoms with Gasteiger partial charge in [0, 0.05) is 25.0 Å². The van der Waals surface area contributed by atoms with Crippen molar-refractivity contribution in [2.75, 3.05) is 7.05 Å². The van der Waals surface area contributed by atoms with E-state index in [1.165, 1.54) is 6.07 Å². The van der Waals surface area contributed by atoms with Gasteiger partial charge in [-0.15, -0.1) is 0 Å². The number of hydrogen-bond donors (Lipinski definition) is 1. The summed E-state index contributed by atoms with van der Waals surface area (Å²) in [6, 6.07) is 6.93. The molecule has 0 spiro atoms. The smallest absolute Gasteiger partial charge is 0.142 e. The van der Waals surface area contributed by atoms with E-state index in [0.717, 1.165) is 24.1 Å². The van der Waals surface area contributed by atoms with Crippen LogP contribution in [0.1, 0.15) is 23.7 Å². The molecule has 0 radical (unpaired) electrons. The van der Waals surface area contributed by atoms with E-state index in [-0.39, 0.29) is 16.9 Å². The Hall–Kier alpha value is -1.39. The van der Waals surface area contributed by atoms with Crippen molar-refractivity contribution in [3.8, 4) is 0 Å². The van der Waals surface area contributed by atoms with Gasteiger partial charge in [0.25, 0.3) is 0 Å². The molecule has 0 saturated carbocycles. The van der Waals surface area contributed by atoms with Crippen LogP contribution >= 0.6 is 11.6 Å². The molecule has 0 saturated heterocycles. The molecule has 1 unspecified atom stereocenters. The van der Waals surface area contributed by atoms with Gasteiger partial charge < -0.3 is 5.32 Å². The maximum Gasteiger partial charge on any atom is 0.142 e. The molecule has 102 valence electrons. The number of aryl methyl sites for hydroxylation is 2. The first-order valence-corrected chi connectivity index (χ1v) is 6.59. The molecule has 0 aliphatic rings. The Labute approximate surface area is 117 Å². The highest BCUT2D eigenvalue weighted by molar-refractivity contribution is 6.31. The third kappa shape index (κ3) is 3.14. The first kappa shape index (κ1) is 14.0. The fraction of sp³-hybridized carbons (Fsp3) is 0.357. The highest BCUT2D eigenvalue weighted by Crippen LogP contribution is 2.28. The molecule has 1 N–H and O–H groups in total. The Morgan fingerprint density at radius 2 is 2.21 bits per heavy atom. The normalized spacial score (nSPS) is 12.6. The Balaban J connectivity index is 2.12. The quantitative estimate of drug-likeness (QED) is 0.913. The van der Waals surface area contributed by atoms with Crippen LogP contribution in [0, 0.1) is 5.82 Å². The molecule has 3 nitrogen and oxygen atoms in total. The third-order valence-electron chi connectivity index (χ3n) is 3.32. The molecule has 1 atom stereocenters. The van der Waals surface area contributed by atoms with Crippen molar-refractivity contribution in [3.63, 3.8) is 0 Å². The van der Waals surface area contributed by atoms with Crippen molar-refractivity contribution in [1.29, 1.82) is 0 Å². The summed E-state index contributed by atoms with van der Waals surface area (Å²) >= 11 is 6.03. The number of nitrogens with zero attached hydrogens (tertiary/aromatic N) is 2. The zero-order chi connectivity index (χ0) is 13.8. The second-order valence-electron chi connectivity index (χ2n) is 4.47. The zero-order valence-electron chi connectivity index (χ0n) is 11.0. The van der Waals surface area contributed by atoms with Crippen LogP contribution in [0.2, 0.25) is 5.02 Å². The standard InChI is InChI=1S/C14H17ClFN3/c1-17-13(7-6-10-8-9-18-19(10)2)11-4-3-5-12(16)14(11)15/h3-5,8-9,13,17H,6-7H2,1-2H3. The average Bonchev–Trinajstić information content (AvgIpc) is 2.80. The Morgan fingerprint density at radius 1 is 1.42 bits per heavy atom. The molecule has 5 heteroatoms. The van der Waals surface area contributed by atoms with Crippen molar-refractivity contribution in [1.82, 2.24) is 15.1 Å². The second-order valence-corrected chi connectivity index (χ2v) is 4.85. The van der Waals surface area contributed by atoms with E-state index in [9.17, 15) is 4.39 Å². The Bertz CT molecular complexity index is 553. The van der Waals surface area contributed by atoms with E-state index in [0.29, 0.717) is 0 Å². The lowest BCUT2D eigenvalue weighted by atomic mass is 10.0. The fourth-order valence-electron chi connectivity index (χ4n) is 2.18. The molecule has 1 aromatic carbocycles. The predicted molar refractivity (Wildman–Crippen MR) is 74.7 cm³/mol. The predicted octanol–water partition coefficient (Wildman–Crippen LogP) is 3.11. The molecular weight excluding hydrogens is 265 g/mol. The van der Waals surface area contributed by atoms with E-state index in [4.69, 9.17) is 11.6 Å². The van der Waals surface area contributed by atoms with Crippen LogP contribution in [0.5, 0.6) is 0 Å². The van der Waals surface area contributed by atoms with Gasteiger partial charge in [-0.1, -0.05) is 23.7 Å².